The molecule has 0 atom stereocenters. The number of nitriles is 1. The van der Waals surface area contributed by atoms with Gasteiger partial charge in [-0.15, -0.1) is 0 Å². The van der Waals surface area contributed by atoms with Gasteiger partial charge in [-0.25, -0.2) is 0 Å². The Kier molecular flexibility index (Phi) is 3.47. The second-order valence-electron chi connectivity index (χ2n) is 5.44. The first-order valence-corrected chi connectivity index (χ1v) is 6.90. The van der Waals surface area contributed by atoms with Crippen LogP contribution in [0.25, 0.3) is 0 Å². The van der Waals surface area contributed by atoms with Crippen LogP contribution < -0.4 is 5.46 Å². The first kappa shape index (κ1) is 13.8. The molecule has 0 radical (unpaired) electrons. The summed E-state index contributed by atoms with van der Waals surface area (Å²) in [4.78, 5) is 0. The Balaban J connectivity index is 2.38. The first-order valence-electron chi connectivity index (χ1n) is 5.82. The SMILES string of the molecule is CC1(C)OB(c2cc(C#N)ccc2I)OC1(C)C. The molecule has 1 heterocycles. The van der Waals surface area contributed by atoms with Crippen LogP contribution >= 0.6 is 22.6 Å². The molecule has 1 fully saturated rings. The van der Waals surface area contributed by atoms with E-state index in [4.69, 9.17) is 14.6 Å². The third-order valence-electron chi connectivity index (χ3n) is 3.63. The van der Waals surface area contributed by atoms with Gasteiger partial charge in [0.15, 0.2) is 0 Å². The summed E-state index contributed by atoms with van der Waals surface area (Å²) in [6.45, 7) is 8.09. The highest BCUT2D eigenvalue weighted by Gasteiger charge is 2.52. The fraction of sp³-hybridized carbons (Fsp3) is 0.462. The second-order valence-corrected chi connectivity index (χ2v) is 6.60. The molecule has 0 spiro atoms. The molecule has 94 valence electrons. The minimum absolute atomic E-state index is 0.358. The number of halogens is 1. The molecule has 1 aromatic carbocycles. The predicted molar refractivity (Wildman–Crippen MR) is 79.6 cm³/mol. The number of nitrogens with zero attached hydrogens (tertiary/aromatic N) is 1. The zero-order valence-corrected chi connectivity index (χ0v) is 13.1. The van der Waals surface area contributed by atoms with Crippen LogP contribution in [-0.4, -0.2) is 18.3 Å². The summed E-state index contributed by atoms with van der Waals surface area (Å²) in [6, 6.07) is 7.70. The van der Waals surface area contributed by atoms with Gasteiger partial charge >= 0.3 is 7.12 Å². The van der Waals surface area contributed by atoms with Gasteiger partial charge in [0, 0.05) is 3.57 Å². The van der Waals surface area contributed by atoms with Gasteiger partial charge in [0.25, 0.3) is 0 Å². The van der Waals surface area contributed by atoms with Crippen LogP contribution in [0.2, 0.25) is 0 Å². The monoisotopic (exact) mass is 355 g/mol. The quantitative estimate of drug-likeness (QED) is 0.574. The molecule has 2 rings (SSSR count). The van der Waals surface area contributed by atoms with E-state index >= 15 is 0 Å². The van der Waals surface area contributed by atoms with Crippen LogP contribution in [0.15, 0.2) is 18.2 Å². The zero-order chi connectivity index (χ0) is 13.6. The predicted octanol–water partition coefficient (Wildman–Crippen LogP) is 2.46. The molecule has 1 aliphatic heterocycles. The van der Waals surface area contributed by atoms with Crippen LogP contribution in [0.4, 0.5) is 0 Å². The Morgan fingerprint density at radius 2 is 1.72 bits per heavy atom. The maximum atomic E-state index is 8.97. The van der Waals surface area contributed by atoms with E-state index in [-0.39, 0.29) is 11.2 Å². The molecule has 0 amide bonds. The molecular formula is C13H15BINO2. The second kappa shape index (κ2) is 4.51. The molecule has 0 N–H and O–H groups in total. The fourth-order valence-electron chi connectivity index (χ4n) is 1.76. The molecule has 0 saturated carbocycles. The average Bonchev–Trinajstić information content (AvgIpc) is 2.48. The lowest BCUT2D eigenvalue weighted by Crippen LogP contribution is -2.41. The Morgan fingerprint density at radius 1 is 1.17 bits per heavy atom. The fourth-order valence-corrected chi connectivity index (χ4v) is 2.35. The van der Waals surface area contributed by atoms with Gasteiger partial charge < -0.3 is 9.31 Å². The van der Waals surface area contributed by atoms with Crippen LogP contribution in [-0.2, 0) is 9.31 Å². The topological polar surface area (TPSA) is 42.2 Å². The van der Waals surface area contributed by atoms with E-state index in [1.807, 2.05) is 39.8 Å². The molecule has 3 nitrogen and oxygen atoms in total. The summed E-state index contributed by atoms with van der Waals surface area (Å²) >= 11 is 2.24. The maximum absolute atomic E-state index is 8.97. The van der Waals surface area contributed by atoms with E-state index in [0.29, 0.717) is 5.56 Å². The van der Waals surface area contributed by atoms with Crippen molar-refractivity contribution in [2.45, 2.75) is 38.9 Å². The van der Waals surface area contributed by atoms with Gasteiger partial charge in [-0.05, 0) is 73.9 Å². The Morgan fingerprint density at radius 3 is 2.22 bits per heavy atom. The van der Waals surface area contributed by atoms with Crippen LogP contribution in [0.3, 0.4) is 0 Å². The summed E-state index contributed by atoms with van der Waals surface area (Å²) in [5.74, 6) is 0. The van der Waals surface area contributed by atoms with Gasteiger partial charge in [-0.1, -0.05) is 0 Å². The summed E-state index contributed by atoms with van der Waals surface area (Å²) in [7, 11) is -0.407. The van der Waals surface area contributed by atoms with Gasteiger partial charge in [0.1, 0.15) is 0 Å². The van der Waals surface area contributed by atoms with E-state index in [2.05, 4.69) is 28.7 Å². The summed E-state index contributed by atoms with van der Waals surface area (Å²) in [5, 5.41) is 8.97. The van der Waals surface area contributed by atoms with E-state index in [9.17, 15) is 0 Å². The summed E-state index contributed by atoms with van der Waals surface area (Å²) in [5.41, 5.74) is 0.834. The number of hydrogen-bond donors (Lipinski definition) is 0. The highest BCUT2D eigenvalue weighted by Crippen LogP contribution is 2.36. The van der Waals surface area contributed by atoms with Crippen LogP contribution in [0.1, 0.15) is 33.3 Å². The van der Waals surface area contributed by atoms with Gasteiger partial charge in [-0.2, -0.15) is 5.26 Å². The average molecular weight is 355 g/mol. The minimum Gasteiger partial charge on any atom is -0.399 e. The van der Waals surface area contributed by atoms with Crippen molar-refractivity contribution in [2.24, 2.45) is 0 Å². The highest BCUT2D eigenvalue weighted by molar-refractivity contribution is 14.1. The van der Waals surface area contributed by atoms with Crippen molar-refractivity contribution in [1.29, 1.82) is 5.26 Å². The first-order chi connectivity index (χ1) is 8.27. The zero-order valence-electron chi connectivity index (χ0n) is 11.0. The Hall–Kier alpha value is -0.575. The normalized spacial score (nSPS) is 20.8. The van der Waals surface area contributed by atoms with Crippen molar-refractivity contribution in [3.63, 3.8) is 0 Å². The van der Waals surface area contributed by atoms with Gasteiger partial charge in [0.2, 0.25) is 0 Å². The third-order valence-corrected chi connectivity index (χ3v) is 4.61. The third kappa shape index (κ3) is 2.29. The lowest BCUT2D eigenvalue weighted by molar-refractivity contribution is 0.00578. The summed E-state index contributed by atoms with van der Waals surface area (Å²) in [6.07, 6.45) is 0. The van der Waals surface area contributed by atoms with E-state index in [0.717, 1.165) is 9.03 Å². The molecular weight excluding hydrogens is 340 g/mol. The van der Waals surface area contributed by atoms with E-state index in [1.54, 1.807) is 6.07 Å². The molecule has 1 aliphatic rings. The number of hydrogen-bond acceptors (Lipinski definition) is 3. The molecule has 0 unspecified atom stereocenters. The van der Waals surface area contributed by atoms with Crippen molar-refractivity contribution >= 4 is 35.2 Å². The smallest absolute Gasteiger partial charge is 0.399 e. The van der Waals surface area contributed by atoms with Crippen molar-refractivity contribution in [3.8, 4) is 6.07 Å². The van der Waals surface area contributed by atoms with Crippen LogP contribution in [0, 0.1) is 14.9 Å². The van der Waals surface area contributed by atoms with Crippen molar-refractivity contribution in [3.05, 3.63) is 27.3 Å². The number of benzene rings is 1. The minimum atomic E-state index is -0.407. The maximum Gasteiger partial charge on any atom is 0.495 e. The lowest BCUT2D eigenvalue weighted by Gasteiger charge is -2.32. The van der Waals surface area contributed by atoms with E-state index in [1.165, 1.54) is 0 Å². The molecule has 5 heteroatoms. The van der Waals surface area contributed by atoms with Crippen molar-refractivity contribution in [1.82, 2.24) is 0 Å². The molecule has 18 heavy (non-hydrogen) atoms. The molecule has 0 aliphatic carbocycles. The van der Waals surface area contributed by atoms with Gasteiger partial charge in [-0.3, -0.25) is 0 Å². The van der Waals surface area contributed by atoms with Gasteiger partial charge in [0.05, 0.1) is 22.8 Å². The largest absolute Gasteiger partial charge is 0.495 e. The number of rotatable bonds is 1. The Labute approximate surface area is 122 Å². The Bertz CT molecular complexity index is 506. The summed E-state index contributed by atoms with van der Waals surface area (Å²) < 4.78 is 13.0. The van der Waals surface area contributed by atoms with E-state index < -0.39 is 7.12 Å². The molecule has 1 saturated heterocycles. The standard InChI is InChI=1S/C13H15BINO2/c1-12(2)13(3,4)18-14(17-12)10-7-9(8-16)5-6-11(10)15/h5-7H,1-4H3. The highest BCUT2D eigenvalue weighted by atomic mass is 127. The van der Waals surface area contributed by atoms with Crippen LogP contribution in [0.5, 0.6) is 0 Å². The molecule has 0 bridgehead atoms. The molecule has 0 aromatic heterocycles. The lowest BCUT2D eigenvalue weighted by atomic mass is 9.78. The van der Waals surface area contributed by atoms with Crippen molar-refractivity contribution in [2.75, 3.05) is 0 Å². The van der Waals surface area contributed by atoms with Crippen molar-refractivity contribution < 1.29 is 9.31 Å². The molecule has 1 aromatic rings.